The Hall–Kier alpha value is -0.580. The minimum atomic E-state index is 0.752. The van der Waals surface area contributed by atoms with Gasteiger partial charge in [0.2, 0.25) is 0 Å². The second kappa shape index (κ2) is 7.27. The predicted octanol–water partition coefficient (Wildman–Crippen LogP) is 2.85. The van der Waals surface area contributed by atoms with E-state index in [1.165, 1.54) is 25.9 Å². The van der Waals surface area contributed by atoms with Crippen molar-refractivity contribution in [3.05, 3.63) is 28.7 Å². The zero-order valence-corrected chi connectivity index (χ0v) is 13.4. The van der Waals surface area contributed by atoms with Crippen LogP contribution in [0, 0.1) is 0 Å². The number of hydrogen-bond donors (Lipinski definition) is 0. The van der Waals surface area contributed by atoms with E-state index < -0.39 is 0 Å². The third kappa shape index (κ3) is 4.79. The number of ether oxygens (including phenoxy) is 1. The van der Waals surface area contributed by atoms with Gasteiger partial charge < -0.3 is 9.64 Å². The molecule has 3 nitrogen and oxygen atoms in total. The van der Waals surface area contributed by atoms with Gasteiger partial charge in [0.1, 0.15) is 12.4 Å². The van der Waals surface area contributed by atoms with Gasteiger partial charge in [0, 0.05) is 17.1 Å². The molecule has 0 unspecified atom stereocenters. The molecule has 0 saturated carbocycles. The molecule has 1 aromatic rings. The van der Waals surface area contributed by atoms with Crippen molar-refractivity contribution < 1.29 is 4.74 Å². The topological polar surface area (TPSA) is 15.7 Å². The molecule has 0 amide bonds. The molecule has 1 heterocycles. The summed E-state index contributed by atoms with van der Waals surface area (Å²) >= 11 is 3.46. The highest BCUT2D eigenvalue weighted by atomic mass is 79.9. The van der Waals surface area contributed by atoms with Crippen LogP contribution >= 0.6 is 15.9 Å². The highest BCUT2D eigenvalue weighted by Crippen LogP contribution is 2.18. The van der Waals surface area contributed by atoms with E-state index in [1.807, 2.05) is 24.3 Å². The fraction of sp³-hybridized carbons (Fsp3) is 0.600. The van der Waals surface area contributed by atoms with E-state index in [1.54, 1.807) is 0 Å². The largest absolute Gasteiger partial charge is 0.492 e. The first-order valence-electron chi connectivity index (χ1n) is 6.92. The Morgan fingerprint density at radius 3 is 2.68 bits per heavy atom. The fourth-order valence-corrected chi connectivity index (χ4v) is 2.89. The van der Waals surface area contributed by atoms with Crippen LogP contribution in [0.3, 0.4) is 0 Å². The summed E-state index contributed by atoms with van der Waals surface area (Å²) in [6.07, 6.45) is 2.54. The van der Waals surface area contributed by atoms with Crippen LogP contribution in [-0.2, 0) is 0 Å². The first-order chi connectivity index (χ1) is 9.15. The number of likely N-dealkylation sites (tertiary alicyclic amines) is 1. The van der Waals surface area contributed by atoms with Crippen molar-refractivity contribution in [2.24, 2.45) is 0 Å². The van der Waals surface area contributed by atoms with E-state index in [4.69, 9.17) is 4.74 Å². The second-order valence-corrected chi connectivity index (χ2v) is 6.26. The number of rotatable bonds is 5. The fourth-order valence-electron chi connectivity index (χ4n) is 2.51. The van der Waals surface area contributed by atoms with E-state index in [0.29, 0.717) is 0 Å². The van der Waals surface area contributed by atoms with Crippen molar-refractivity contribution in [2.75, 3.05) is 40.3 Å². The lowest BCUT2D eigenvalue weighted by atomic mass is 10.0. The number of piperidine rings is 1. The SMILES string of the molecule is CN(C)C1CCN(CCOc2cccc(Br)c2)CC1. The molecule has 0 bridgehead atoms. The summed E-state index contributed by atoms with van der Waals surface area (Å²) in [5, 5.41) is 0. The third-order valence-corrected chi connectivity index (χ3v) is 4.25. The lowest BCUT2D eigenvalue weighted by Gasteiger charge is -2.35. The van der Waals surface area contributed by atoms with Gasteiger partial charge in [-0.2, -0.15) is 0 Å². The Bertz CT molecular complexity index is 389. The van der Waals surface area contributed by atoms with Crippen LogP contribution in [-0.4, -0.2) is 56.2 Å². The van der Waals surface area contributed by atoms with Crippen LogP contribution in [0.5, 0.6) is 5.75 Å². The maximum Gasteiger partial charge on any atom is 0.120 e. The molecule has 1 fully saturated rings. The van der Waals surface area contributed by atoms with Crippen LogP contribution in [0.4, 0.5) is 0 Å². The molecule has 0 spiro atoms. The van der Waals surface area contributed by atoms with Crippen LogP contribution in [0.2, 0.25) is 0 Å². The molecule has 0 N–H and O–H groups in total. The van der Waals surface area contributed by atoms with E-state index in [-0.39, 0.29) is 0 Å². The van der Waals surface area contributed by atoms with Crippen molar-refractivity contribution in [1.82, 2.24) is 9.80 Å². The minimum Gasteiger partial charge on any atom is -0.492 e. The first-order valence-corrected chi connectivity index (χ1v) is 7.71. The van der Waals surface area contributed by atoms with Gasteiger partial charge in [0.05, 0.1) is 0 Å². The van der Waals surface area contributed by atoms with Gasteiger partial charge >= 0.3 is 0 Å². The van der Waals surface area contributed by atoms with Crippen molar-refractivity contribution >= 4 is 15.9 Å². The number of halogens is 1. The molecular formula is C15H23BrN2O. The van der Waals surface area contributed by atoms with Gasteiger partial charge in [0.15, 0.2) is 0 Å². The zero-order valence-electron chi connectivity index (χ0n) is 11.8. The Labute approximate surface area is 124 Å². The Morgan fingerprint density at radius 2 is 2.05 bits per heavy atom. The quantitative estimate of drug-likeness (QED) is 0.827. The van der Waals surface area contributed by atoms with Gasteiger partial charge in [-0.05, 0) is 58.2 Å². The van der Waals surface area contributed by atoms with E-state index in [0.717, 1.165) is 29.4 Å². The number of benzene rings is 1. The van der Waals surface area contributed by atoms with E-state index in [2.05, 4.69) is 39.8 Å². The molecule has 4 heteroatoms. The lowest BCUT2D eigenvalue weighted by Crippen LogP contribution is -2.43. The molecule has 1 aliphatic heterocycles. The maximum atomic E-state index is 5.78. The van der Waals surface area contributed by atoms with Gasteiger partial charge in [-0.1, -0.05) is 22.0 Å². The molecule has 106 valence electrons. The normalized spacial score (nSPS) is 17.9. The molecule has 0 radical (unpaired) electrons. The lowest BCUT2D eigenvalue weighted by molar-refractivity contribution is 0.128. The Balaban J connectivity index is 1.67. The zero-order chi connectivity index (χ0) is 13.7. The van der Waals surface area contributed by atoms with Crippen LogP contribution < -0.4 is 4.74 Å². The molecular weight excluding hydrogens is 304 g/mol. The summed E-state index contributed by atoms with van der Waals surface area (Å²) in [4.78, 5) is 4.84. The molecule has 1 saturated heterocycles. The van der Waals surface area contributed by atoms with Crippen LogP contribution in [0.25, 0.3) is 0 Å². The van der Waals surface area contributed by atoms with Crippen molar-refractivity contribution in [2.45, 2.75) is 18.9 Å². The summed E-state index contributed by atoms with van der Waals surface area (Å²) in [5.41, 5.74) is 0. The van der Waals surface area contributed by atoms with Crippen molar-refractivity contribution in [3.8, 4) is 5.75 Å². The van der Waals surface area contributed by atoms with Crippen LogP contribution in [0.1, 0.15) is 12.8 Å². The molecule has 19 heavy (non-hydrogen) atoms. The van der Waals surface area contributed by atoms with Crippen LogP contribution in [0.15, 0.2) is 28.7 Å². The van der Waals surface area contributed by atoms with E-state index >= 15 is 0 Å². The monoisotopic (exact) mass is 326 g/mol. The summed E-state index contributed by atoms with van der Waals surface area (Å²) in [5.74, 6) is 0.942. The van der Waals surface area contributed by atoms with Crippen molar-refractivity contribution in [1.29, 1.82) is 0 Å². The van der Waals surface area contributed by atoms with Gasteiger partial charge in [-0.15, -0.1) is 0 Å². The van der Waals surface area contributed by atoms with Crippen molar-refractivity contribution in [3.63, 3.8) is 0 Å². The highest BCUT2D eigenvalue weighted by molar-refractivity contribution is 9.10. The number of hydrogen-bond acceptors (Lipinski definition) is 3. The first kappa shape index (κ1) is 14.8. The molecule has 2 rings (SSSR count). The molecule has 0 aromatic heterocycles. The van der Waals surface area contributed by atoms with Gasteiger partial charge in [-0.3, -0.25) is 4.90 Å². The van der Waals surface area contributed by atoms with Gasteiger partial charge in [-0.25, -0.2) is 0 Å². The average Bonchev–Trinajstić information content (AvgIpc) is 2.39. The number of nitrogens with zero attached hydrogens (tertiary/aromatic N) is 2. The summed E-state index contributed by atoms with van der Waals surface area (Å²) in [7, 11) is 4.35. The standard InChI is InChI=1S/C15H23BrN2O/c1-17(2)14-6-8-18(9-7-14)10-11-19-15-5-3-4-13(16)12-15/h3-5,12,14H,6-11H2,1-2H3. The van der Waals surface area contributed by atoms with E-state index in [9.17, 15) is 0 Å². The molecule has 1 aromatic carbocycles. The Morgan fingerprint density at radius 1 is 1.32 bits per heavy atom. The van der Waals surface area contributed by atoms with Gasteiger partial charge in [0.25, 0.3) is 0 Å². The average molecular weight is 327 g/mol. The molecule has 0 atom stereocenters. The second-order valence-electron chi connectivity index (χ2n) is 5.34. The predicted molar refractivity (Wildman–Crippen MR) is 82.8 cm³/mol. The molecule has 0 aliphatic carbocycles. The smallest absolute Gasteiger partial charge is 0.120 e. The Kier molecular flexibility index (Phi) is 5.67. The highest BCUT2D eigenvalue weighted by Gasteiger charge is 2.20. The minimum absolute atomic E-state index is 0.752. The molecule has 1 aliphatic rings. The summed E-state index contributed by atoms with van der Waals surface area (Å²) in [6, 6.07) is 8.78. The third-order valence-electron chi connectivity index (χ3n) is 3.76. The maximum absolute atomic E-state index is 5.78. The summed E-state index contributed by atoms with van der Waals surface area (Å²) in [6.45, 7) is 4.16. The summed E-state index contributed by atoms with van der Waals surface area (Å²) < 4.78 is 6.85.